The van der Waals surface area contributed by atoms with Gasteiger partial charge in [-0.05, 0) is 36.3 Å². The Hall–Kier alpha value is -1.32. The quantitative estimate of drug-likeness (QED) is 0.539. The highest BCUT2D eigenvalue weighted by molar-refractivity contribution is 5.97. The molecule has 0 rings (SSSR count). The number of hydrogen-bond donors (Lipinski definition) is 0. The van der Waals surface area contributed by atoms with Gasteiger partial charge in [0.2, 0.25) is 0 Å². The third-order valence-corrected chi connectivity index (χ3v) is 3.67. The van der Waals surface area contributed by atoms with Crippen LogP contribution < -0.4 is 10.2 Å². The summed E-state index contributed by atoms with van der Waals surface area (Å²) in [5.41, 5.74) is -0.150. The monoisotopic (exact) mass is 282 g/mol. The molecule has 1 unspecified atom stereocenters. The maximum Gasteiger partial charge on any atom is 0.0678 e. The first-order valence-electron chi connectivity index (χ1n) is 7.62. The molecule has 4 nitrogen and oxygen atoms in total. The molecule has 0 heterocycles. The third-order valence-electron chi connectivity index (χ3n) is 3.67. The van der Waals surface area contributed by atoms with Crippen molar-refractivity contribution in [3.63, 3.8) is 0 Å². The molecule has 0 aromatic carbocycles. The van der Waals surface area contributed by atoms with E-state index in [0.29, 0.717) is 6.42 Å². The Bertz CT molecular complexity index is 344. The summed E-state index contributed by atoms with van der Waals surface area (Å²) in [7, 11) is 0. The Balaban J connectivity index is 5.14. The van der Waals surface area contributed by atoms with Crippen LogP contribution >= 0.6 is 0 Å². The van der Waals surface area contributed by atoms with Crippen molar-refractivity contribution < 1.29 is 19.8 Å². The fourth-order valence-corrected chi connectivity index (χ4v) is 2.29. The smallest absolute Gasteiger partial charge is 0.0678 e. The first-order chi connectivity index (χ1) is 9.47. The summed E-state index contributed by atoms with van der Waals surface area (Å²) in [5.74, 6) is -2.54. The maximum absolute atomic E-state index is 11.3. The van der Waals surface area contributed by atoms with Gasteiger partial charge in [-0.2, -0.15) is 0 Å². The molecule has 0 amide bonds. The molecular formula is C16H26O4-2. The zero-order chi connectivity index (χ0) is 15.5. The third kappa shape index (κ3) is 6.73. The molecule has 20 heavy (non-hydrogen) atoms. The fourth-order valence-electron chi connectivity index (χ4n) is 2.29. The standard InChI is InChI=1S/C16H28O4/c1-4-7-9-12(6-3)11-14(16(19)20)13(15(17)18)10-8-5-2/h12H,4-11H2,1-3H3,(H,17,18)(H,19,20)/p-2/b14-13-. The van der Waals surface area contributed by atoms with Crippen LogP contribution in [0.1, 0.15) is 72.1 Å². The summed E-state index contributed by atoms with van der Waals surface area (Å²) in [6.45, 7) is 6.01. The predicted molar refractivity (Wildman–Crippen MR) is 74.5 cm³/mol. The van der Waals surface area contributed by atoms with Crippen LogP contribution in [-0.4, -0.2) is 11.9 Å². The molecule has 0 bridgehead atoms. The van der Waals surface area contributed by atoms with Crippen LogP contribution in [0.25, 0.3) is 0 Å². The van der Waals surface area contributed by atoms with Crippen LogP contribution in [0.5, 0.6) is 0 Å². The van der Waals surface area contributed by atoms with Gasteiger partial charge in [-0.1, -0.05) is 52.9 Å². The number of carboxylic acid groups (broad SMARTS) is 2. The van der Waals surface area contributed by atoms with Crippen molar-refractivity contribution in [1.82, 2.24) is 0 Å². The normalized spacial score (nSPS) is 13.8. The van der Waals surface area contributed by atoms with E-state index >= 15 is 0 Å². The van der Waals surface area contributed by atoms with Gasteiger partial charge in [-0.15, -0.1) is 0 Å². The molecule has 0 radical (unpaired) electrons. The molecule has 4 heteroatoms. The van der Waals surface area contributed by atoms with E-state index in [9.17, 15) is 19.8 Å². The lowest BCUT2D eigenvalue weighted by atomic mass is 9.88. The number of carbonyl (C=O) groups is 2. The number of carbonyl (C=O) groups excluding carboxylic acids is 2. The highest BCUT2D eigenvalue weighted by atomic mass is 16.4. The highest BCUT2D eigenvalue weighted by Gasteiger charge is 2.15. The Morgan fingerprint density at radius 3 is 1.85 bits per heavy atom. The lowest BCUT2D eigenvalue weighted by molar-refractivity contribution is -0.304. The van der Waals surface area contributed by atoms with Gasteiger partial charge in [-0.25, -0.2) is 0 Å². The van der Waals surface area contributed by atoms with E-state index in [1.54, 1.807) is 0 Å². The maximum atomic E-state index is 11.3. The van der Waals surface area contributed by atoms with Crippen LogP contribution in [0.2, 0.25) is 0 Å². The minimum absolute atomic E-state index is 0.0681. The molecule has 0 N–H and O–H groups in total. The molecule has 0 aliphatic carbocycles. The molecule has 0 aromatic rings. The molecular weight excluding hydrogens is 256 g/mol. The van der Waals surface area contributed by atoms with E-state index in [-0.39, 0.29) is 29.9 Å². The molecule has 0 spiro atoms. The number of rotatable bonds is 11. The number of hydrogen-bond acceptors (Lipinski definition) is 4. The van der Waals surface area contributed by atoms with Crippen LogP contribution in [0, 0.1) is 5.92 Å². The lowest BCUT2D eigenvalue weighted by Gasteiger charge is -2.22. The Labute approximate surface area is 121 Å². The van der Waals surface area contributed by atoms with Crippen LogP contribution in [0.3, 0.4) is 0 Å². The Morgan fingerprint density at radius 1 is 0.900 bits per heavy atom. The van der Waals surface area contributed by atoms with Crippen molar-refractivity contribution in [1.29, 1.82) is 0 Å². The van der Waals surface area contributed by atoms with Gasteiger partial charge in [0.25, 0.3) is 0 Å². The molecule has 0 fully saturated rings. The van der Waals surface area contributed by atoms with Crippen LogP contribution in [0.4, 0.5) is 0 Å². The highest BCUT2D eigenvalue weighted by Crippen LogP contribution is 2.25. The van der Waals surface area contributed by atoms with Crippen molar-refractivity contribution >= 4 is 11.9 Å². The van der Waals surface area contributed by atoms with E-state index in [2.05, 4.69) is 6.92 Å². The number of aliphatic carboxylic acids is 2. The van der Waals surface area contributed by atoms with E-state index in [1.807, 2.05) is 13.8 Å². The van der Waals surface area contributed by atoms with Gasteiger partial charge in [0.1, 0.15) is 0 Å². The summed E-state index contributed by atoms with van der Waals surface area (Å²) >= 11 is 0. The minimum atomic E-state index is -1.37. The largest absolute Gasteiger partial charge is 0.545 e. The average Bonchev–Trinajstić information content (AvgIpc) is 2.40. The fraction of sp³-hybridized carbons (Fsp3) is 0.750. The van der Waals surface area contributed by atoms with E-state index < -0.39 is 11.9 Å². The zero-order valence-corrected chi connectivity index (χ0v) is 12.9. The summed E-state index contributed by atoms with van der Waals surface area (Å²) < 4.78 is 0. The summed E-state index contributed by atoms with van der Waals surface area (Å²) in [4.78, 5) is 22.4. The Morgan fingerprint density at radius 2 is 1.45 bits per heavy atom. The molecule has 0 aromatic heterocycles. The molecule has 116 valence electrons. The SMILES string of the molecule is CCCC/C(C(=O)[O-])=C(\CC(CC)CCCC)C(=O)[O-]. The van der Waals surface area contributed by atoms with Gasteiger partial charge in [0, 0.05) is 0 Å². The number of unbranched alkanes of at least 4 members (excludes halogenated alkanes) is 2. The van der Waals surface area contributed by atoms with Crippen molar-refractivity contribution in [2.24, 2.45) is 5.92 Å². The molecule has 0 aliphatic rings. The van der Waals surface area contributed by atoms with Crippen molar-refractivity contribution in [2.45, 2.75) is 72.1 Å². The molecule has 1 atom stereocenters. The number of carboxylic acids is 2. The lowest BCUT2D eigenvalue weighted by Crippen LogP contribution is -2.32. The van der Waals surface area contributed by atoms with Crippen LogP contribution in [-0.2, 0) is 9.59 Å². The van der Waals surface area contributed by atoms with E-state index in [1.165, 1.54) is 0 Å². The molecule has 0 saturated heterocycles. The van der Waals surface area contributed by atoms with Gasteiger partial charge in [0.05, 0.1) is 11.9 Å². The molecule has 0 saturated carbocycles. The topological polar surface area (TPSA) is 80.3 Å². The van der Waals surface area contributed by atoms with Gasteiger partial charge in [0.15, 0.2) is 0 Å². The average molecular weight is 282 g/mol. The predicted octanol–water partition coefficient (Wildman–Crippen LogP) is 1.58. The van der Waals surface area contributed by atoms with Gasteiger partial charge >= 0.3 is 0 Å². The van der Waals surface area contributed by atoms with Crippen molar-refractivity contribution in [3.05, 3.63) is 11.1 Å². The van der Waals surface area contributed by atoms with Crippen molar-refractivity contribution in [2.75, 3.05) is 0 Å². The second kappa shape index (κ2) is 10.5. The van der Waals surface area contributed by atoms with E-state index in [4.69, 9.17) is 0 Å². The summed E-state index contributed by atoms with van der Waals surface area (Å²) in [6, 6.07) is 0. The van der Waals surface area contributed by atoms with Gasteiger partial charge in [-0.3, -0.25) is 0 Å². The first-order valence-corrected chi connectivity index (χ1v) is 7.62. The molecule has 0 aliphatic heterocycles. The minimum Gasteiger partial charge on any atom is -0.545 e. The first kappa shape index (κ1) is 18.7. The Kier molecular flexibility index (Phi) is 9.77. The zero-order valence-electron chi connectivity index (χ0n) is 12.9. The van der Waals surface area contributed by atoms with Crippen LogP contribution in [0.15, 0.2) is 11.1 Å². The summed E-state index contributed by atoms with van der Waals surface area (Å²) in [6.07, 6.45) is 5.79. The van der Waals surface area contributed by atoms with Crippen molar-refractivity contribution in [3.8, 4) is 0 Å². The second-order valence-electron chi connectivity index (χ2n) is 5.26. The second-order valence-corrected chi connectivity index (χ2v) is 5.26. The summed E-state index contributed by atoms with van der Waals surface area (Å²) in [5, 5.41) is 22.4. The van der Waals surface area contributed by atoms with E-state index in [0.717, 1.165) is 32.1 Å². The van der Waals surface area contributed by atoms with Gasteiger partial charge < -0.3 is 19.8 Å².